The monoisotopic (exact) mass is 411 g/mol. The Morgan fingerprint density at radius 2 is 1.31 bits per heavy atom. The van der Waals surface area contributed by atoms with Crippen molar-refractivity contribution < 1.29 is 4.42 Å². The summed E-state index contributed by atoms with van der Waals surface area (Å²) < 4.78 is 8.18. The van der Waals surface area contributed by atoms with Crippen LogP contribution >= 0.6 is 0 Å². The van der Waals surface area contributed by atoms with E-state index in [4.69, 9.17) is 4.42 Å². The zero-order chi connectivity index (χ0) is 21.1. The van der Waals surface area contributed by atoms with E-state index in [9.17, 15) is 0 Å². The van der Waals surface area contributed by atoms with E-state index in [1.807, 2.05) is 6.07 Å². The maximum absolute atomic E-state index is 5.85. The fourth-order valence-electron chi connectivity index (χ4n) is 4.68. The van der Waals surface area contributed by atoms with Crippen molar-refractivity contribution >= 4 is 44.0 Å². The molecule has 0 aliphatic heterocycles. The van der Waals surface area contributed by atoms with Crippen molar-refractivity contribution in [2.45, 2.75) is 0 Å². The highest BCUT2D eigenvalue weighted by Crippen LogP contribution is 2.36. The number of hydrogen-bond donors (Lipinski definition) is 0. The lowest BCUT2D eigenvalue weighted by Crippen LogP contribution is -1.92. The maximum Gasteiger partial charge on any atom is 0.246 e. The van der Waals surface area contributed by atoms with E-state index in [-0.39, 0.29) is 0 Å². The van der Waals surface area contributed by atoms with Crippen molar-refractivity contribution in [2.75, 3.05) is 0 Å². The molecule has 0 fully saturated rings. The van der Waals surface area contributed by atoms with Crippen LogP contribution in [0.3, 0.4) is 0 Å². The molecule has 0 unspecified atom stereocenters. The highest BCUT2D eigenvalue weighted by Gasteiger charge is 2.14. The second kappa shape index (κ2) is 6.53. The zero-order valence-corrected chi connectivity index (χ0v) is 17.1. The average Bonchev–Trinajstić information content (AvgIpc) is 3.39. The van der Waals surface area contributed by atoms with Gasteiger partial charge in [0.1, 0.15) is 11.1 Å². The first-order valence-electron chi connectivity index (χ1n) is 10.6. The van der Waals surface area contributed by atoms with Crippen LogP contribution in [0, 0.1) is 0 Å². The number of benzene rings is 4. The molecule has 150 valence electrons. The largest absolute Gasteiger partial charge is 0.436 e. The topological polar surface area (TPSA) is 43.9 Å². The summed E-state index contributed by atoms with van der Waals surface area (Å²) >= 11 is 0. The Morgan fingerprint density at radius 3 is 2.22 bits per heavy atom. The number of aromatic nitrogens is 3. The van der Waals surface area contributed by atoms with Crippen LogP contribution in [0.4, 0.5) is 0 Å². The molecule has 4 aromatic carbocycles. The summed E-state index contributed by atoms with van der Waals surface area (Å²) in [6, 6.07) is 32.0. The van der Waals surface area contributed by atoms with E-state index < -0.39 is 0 Å². The van der Waals surface area contributed by atoms with Crippen LogP contribution in [0.1, 0.15) is 0 Å². The highest BCUT2D eigenvalue weighted by atomic mass is 16.3. The molecule has 3 heterocycles. The second-order valence-corrected chi connectivity index (χ2v) is 7.94. The first-order valence-corrected chi connectivity index (χ1v) is 10.6. The van der Waals surface area contributed by atoms with Crippen LogP contribution in [-0.4, -0.2) is 14.5 Å². The van der Waals surface area contributed by atoms with Crippen molar-refractivity contribution in [3.05, 3.63) is 103 Å². The molecule has 4 nitrogen and oxygen atoms in total. The van der Waals surface area contributed by atoms with Gasteiger partial charge in [0, 0.05) is 34.2 Å². The van der Waals surface area contributed by atoms with Crippen molar-refractivity contribution in [3.8, 4) is 16.8 Å². The Labute approximate surface area is 183 Å². The SMILES string of the molecule is c1ccc(-n2c3ccccc3c3cc(-c4ccc5oc6nccnc6c5c4)ccc32)cc1. The predicted octanol–water partition coefficient (Wildman–Crippen LogP) is 7.14. The lowest BCUT2D eigenvalue weighted by atomic mass is 10.0. The Morgan fingerprint density at radius 1 is 0.594 bits per heavy atom. The second-order valence-electron chi connectivity index (χ2n) is 7.94. The third-order valence-corrected chi connectivity index (χ3v) is 6.13. The highest BCUT2D eigenvalue weighted by molar-refractivity contribution is 6.11. The molecule has 0 bridgehead atoms. The Bertz CT molecular complexity index is 1780. The summed E-state index contributed by atoms with van der Waals surface area (Å²) in [5, 5.41) is 3.46. The molecule has 0 radical (unpaired) electrons. The summed E-state index contributed by atoms with van der Waals surface area (Å²) in [4.78, 5) is 8.77. The molecule has 0 aliphatic carbocycles. The van der Waals surface area contributed by atoms with Gasteiger partial charge in [-0.3, -0.25) is 0 Å². The van der Waals surface area contributed by atoms with Gasteiger partial charge in [-0.2, -0.15) is 0 Å². The van der Waals surface area contributed by atoms with Crippen LogP contribution < -0.4 is 0 Å². The minimum atomic E-state index is 0.570. The fraction of sp³-hybridized carbons (Fsp3) is 0. The molecule has 0 saturated heterocycles. The molecule has 7 rings (SSSR count). The van der Waals surface area contributed by atoms with Crippen molar-refractivity contribution in [3.63, 3.8) is 0 Å². The number of furan rings is 1. The quantitative estimate of drug-likeness (QED) is 0.304. The number of fused-ring (bicyclic) bond motifs is 6. The van der Waals surface area contributed by atoms with E-state index in [1.54, 1.807) is 12.4 Å². The molecule has 0 N–H and O–H groups in total. The van der Waals surface area contributed by atoms with Crippen LogP contribution in [-0.2, 0) is 0 Å². The summed E-state index contributed by atoms with van der Waals surface area (Å²) in [6.45, 7) is 0. The molecular formula is C28H17N3O. The maximum atomic E-state index is 5.85. The summed E-state index contributed by atoms with van der Waals surface area (Å²) in [5.41, 5.74) is 8.03. The van der Waals surface area contributed by atoms with Gasteiger partial charge in [-0.05, 0) is 53.6 Å². The molecular weight excluding hydrogens is 394 g/mol. The van der Waals surface area contributed by atoms with E-state index in [0.29, 0.717) is 5.71 Å². The number of hydrogen-bond acceptors (Lipinski definition) is 3. The zero-order valence-electron chi connectivity index (χ0n) is 17.1. The van der Waals surface area contributed by atoms with Gasteiger partial charge in [-0.25, -0.2) is 9.97 Å². The number of nitrogens with zero attached hydrogens (tertiary/aromatic N) is 3. The van der Waals surface area contributed by atoms with E-state index in [2.05, 4.69) is 99.5 Å². The van der Waals surface area contributed by atoms with Crippen molar-refractivity contribution in [1.29, 1.82) is 0 Å². The van der Waals surface area contributed by atoms with Crippen LogP contribution in [0.2, 0.25) is 0 Å². The molecule has 4 heteroatoms. The van der Waals surface area contributed by atoms with Gasteiger partial charge in [-0.15, -0.1) is 0 Å². The number of para-hydroxylation sites is 2. The third kappa shape index (κ3) is 2.44. The lowest BCUT2D eigenvalue weighted by Gasteiger charge is -2.08. The third-order valence-electron chi connectivity index (χ3n) is 6.13. The summed E-state index contributed by atoms with van der Waals surface area (Å²) in [7, 11) is 0. The number of rotatable bonds is 2. The van der Waals surface area contributed by atoms with Gasteiger partial charge in [-0.1, -0.05) is 48.5 Å². The Kier molecular flexibility index (Phi) is 3.52. The van der Waals surface area contributed by atoms with Gasteiger partial charge >= 0.3 is 0 Å². The molecule has 7 aromatic rings. The molecule has 0 spiro atoms. The van der Waals surface area contributed by atoms with Gasteiger partial charge < -0.3 is 8.98 Å². The van der Waals surface area contributed by atoms with Crippen LogP contribution in [0.5, 0.6) is 0 Å². The summed E-state index contributed by atoms with van der Waals surface area (Å²) in [5.74, 6) is 0. The first kappa shape index (κ1) is 17.3. The first-order chi connectivity index (χ1) is 15.9. The Hall–Kier alpha value is -4.44. The smallest absolute Gasteiger partial charge is 0.246 e. The van der Waals surface area contributed by atoms with Crippen LogP contribution in [0.25, 0.3) is 60.8 Å². The molecule has 3 aromatic heterocycles. The van der Waals surface area contributed by atoms with Gasteiger partial charge in [0.05, 0.1) is 11.0 Å². The van der Waals surface area contributed by atoms with Crippen molar-refractivity contribution in [1.82, 2.24) is 14.5 Å². The predicted molar refractivity (Wildman–Crippen MR) is 129 cm³/mol. The fourth-order valence-corrected chi connectivity index (χ4v) is 4.68. The molecule has 0 amide bonds. The molecule has 0 atom stereocenters. The van der Waals surface area contributed by atoms with E-state index in [0.717, 1.165) is 33.3 Å². The molecule has 0 aliphatic rings. The lowest BCUT2D eigenvalue weighted by molar-refractivity contribution is 0.653. The van der Waals surface area contributed by atoms with Gasteiger partial charge in [0.15, 0.2) is 0 Å². The molecule has 32 heavy (non-hydrogen) atoms. The Balaban J connectivity index is 1.49. The van der Waals surface area contributed by atoms with Crippen molar-refractivity contribution in [2.24, 2.45) is 0 Å². The normalized spacial score (nSPS) is 11.8. The summed E-state index contributed by atoms with van der Waals surface area (Å²) in [6.07, 6.45) is 3.36. The molecule has 0 saturated carbocycles. The van der Waals surface area contributed by atoms with Gasteiger partial charge in [0.2, 0.25) is 5.71 Å². The van der Waals surface area contributed by atoms with E-state index in [1.165, 1.54) is 21.8 Å². The minimum absolute atomic E-state index is 0.570. The average molecular weight is 411 g/mol. The minimum Gasteiger partial charge on any atom is -0.436 e. The standard InChI is InChI=1S/C28H17N3O/c1-2-6-20(7-3-1)31-24-9-5-4-8-21(24)22-16-18(10-12-25(22)31)19-11-13-26-23(17-19)27-28(32-26)30-15-14-29-27/h1-17H. The van der Waals surface area contributed by atoms with Gasteiger partial charge in [0.25, 0.3) is 0 Å². The van der Waals surface area contributed by atoms with Crippen LogP contribution in [0.15, 0.2) is 108 Å². The van der Waals surface area contributed by atoms with E-state index >= 15 is 0 Å².